The van der Waals surface area contributed by atoms with Crippen molar-refractivity contribution in [3.05, 3.63) is 20.8 Å². The zero-order valence-electron chi connectivity index (χ0n) is 11.8. The minimum Gasteiger partial charge on any atom is -0.393 e. The van der Waals surface area contributed by atoms with Crippen LogP contribution in [0.4, 0.5) is 0 Å². The van der Waals surface area contributed by atoms with E-state index in [4.69, 9.17) is 0 Å². The molecule has 108 valence electrons. The molecule has 1 saturated carbocycles. The predicted octanol–water partition coefficient (Wildman–Crippen LogP) is 4.13. The molecule has 1 aromatic rings. The van der Waals surface area contributed by atoms with Crippen molar-refractivity contribution in [3.63, 3.8) is 0 Å². The van der Waals surface area contributed by atoms with Crippen LogP contribution in [0.25, 0.3) is 0 Å². The monoisotopic (exact) mass is 345 g/mol. The quantitative estimate of drug-likeness (QED) is 0.867. The molecule has 1 heterocycles. The Morgan fingerprint density at radius 3 is 2.89 bits per heavy atom. The standard InChI is InChI=1S/C15H24BrNOS/c1-3-11-4-5-15(18)12(6-11)8-17(2)9-14-7-13(16)10-19-14/h7,10-12,15,18H,3-6,8-9H2,1-2H3. The number of thiophene rings is 1. The molecule has 0 saturated heterocycles. The average molecular weight is 346 g/mol. The zero-order chi connectivity index (χ0) is 13.8. The maximum absolute atomic E-state index is 10.2. The number of aliphatic hydroxyl groups excluding tert-OH is 1. The molecule has 0 spiro atoms. The predicted molar refractivity (Wildman–Crippen MR) is 85.5 cm³/mol. The molecule has 1 aromatic heterocycles. The summed E-state index contributed by atoms with van der Waals surface area (Å²) in [5, 5.41) is 12.3. The van der Waals surface area contributed by atoms with Gasteiger partial charge in [0.1, 0.15) is 0 Å². The van der Waals surface area contributed by atoms with Crippen LogP contribution in [0.15, 0.2) is 15.9 Å². The van der Waals surface area contributed by atoms with Crippen molar-refractivity contribution in [2.75, 3.05) is 13.6 Å². The normalized spacial score (nSPS) is 27.9. The van der Waals surface area contributed by atoms with Crippen LogP contribution in [0.1, 0.15) is 37.5 Å². The molecule has 0 aromatic carbocycles. The lowest BCUT2D eigenvalue weighted by Crippen LogP contribution is -2.37. The fourth-order valence-electron chi connectivity index (χ4n) is 3.08. The van der Waals surface area contributed by atoms with E-state index in [0.717, 1.165) is 25.4 Å². The summed E-state index contributed by atoms with van der Waals surface area (Å²) >= 11 is 5.29. The van der Waals surface area contributed by atoms with Gasteiger partial charge in [-0.1, -0.05) is 13.3 Å². The Kier molecular flexibility index (Phi) is 5.87. The van der Waals surface area contributed by atoms with E-state index >= 15 is 0 Å². The number of hydrogen-bond donors (Lipinski definition) is 1. The van der Waals surface area contributed by atoms with E-state index in [1.165, 1.54) is 28.6 Å². The van der Waals surface area contributed by atoms with Crippen LogP contribution in [0.2, 0.25) is 0 Å². The van der Waals surface area contributed by atoms with Crippen molar-refractivity contribution >= 4 is 27.3 Å². The number of hydrogen-bond acceptors (Lipinski definition) is 3. The number of nitrogens with zero attached hydrogens (tertiary/aromatic N) is 1. The van der Waals surface area contributed by atoms with Gasteiger partial charge in [0, 0.05) is 27.8 Å². The van der Waals surface area contributed by atoms with Crippen LogP contribution >= 0.6 is 27.3 Å². The highest BCUT2D eigenvalue weighted by molar-refractivity contribution is 9.10. The maximum Gasteiger partial charge on any atom is 0.0580 e. The third-order valence-electron chi connectivity index (χ3n) is 4.22. The highest BCUT2D eigenvalue weighted by Crippen LogP contribution is 2.32. The lowest BCUT2D eigenvalue weighted by atomic mass is 9.78. The van der Waals surface area contributed by atoms with E-state index in [1.807, 2.05) is 0 Å². The first-order chi connectivity index (χ1) is 9.08. The molecule has 0 radical (unpaired) electrons. The first-order valence-electron chi connectivity index (χ1n) is 7.18. The van der Waals surface area contributed by atoms with Gasteiger partial charge in [-0.05, 0) is 60.1 Å². The van der Waals surface area contributed by atoms with Gasteiger partial charge in [0.25, 0.3) is 0 Å². The second-order valence-corrected chi connectivity index (χ2v) is 7.75. The van der Waals surface area contributed by atoms with Gasteiger partial charge < -0.3 is 10.0 Å². The Bertz CT molecular complexity index is 395. The lowest BCUT2D eigenvalue weighted by Gasteiger charge is -2.35. The molecule has 19 heavy (non-hydrogen) atoms. The Balaban J connectivity index is 1.84. The Hall–Kier alpha value is 0.1000. The summed E-state index contributed by atoms with van der Waals surface area (Å²) < 4.78 is 1.17. The van der Waals surface area contributed by atoms with Gasteiger partial charge in [-0.3, -0.25) is 0 Å². The molecular formula is C15H24BrNOS. The SMILES string of the molecule is CCC1CCC(O)C(CN(C)Cc2cc(Br)cs2)C1. The van der Waals surface area contributed by atoms with Crippen LogP contribution in [0.3, 0.4) is 0 Å². The third kappa shape index (κ3) is 4.55. The molecule has 1 aliphatic rings. The Labute approximate surface area is 129 Å². The highest BCUT2D eigenvalue weighted by Gasteiger charge is 2.29. The van der Waals surface area contributed by atoms with Crippen LogP contribution in [0, 0.1) is 11.8 Å². The largest absolute Gasteiger partial charge is 0.393 e. The molecule has 1 aliphatic carbocycles. The van der Waals surface area contributed by atoms with E-state index in [0.29, 0.717) is 5.92 Å². The van der Waals surface area contributed by atoms with Gasteiger partial charge >= 0.3 is 0 Å². The summed E-state index contributed by atoms with van der Waals surface area (Å²) in [7, 11) is 2.16. The average Bonchev–Trinajstić information content (AvgIpc) is 2.77. The van der Waals surface area contributed by atoms with Gasteiger partial charge in [0.2, 0.25) is 0 Å². The first kappa shape index (κ1) is 15.5. The second kappa shape index (κ2) is 7.21. The highest BCUT2D eigenvalue weighted by atomic mass is 79.9. The molecule has 2 rings (SSSR count). The van der Waals surface area contributed by atoms with Crippen LogP contribution in [0.5, 0.6) is 0 Å². The minimum atomic E-state index is -0.0969. The number of rotatable bonds is 5. The number of aliphatic hydroxyl groups is 1. The van der Waals surface area contributed by atoms with Crippen molar-refractivity contribution in [2.24, 2.45) is 11.8 Å². The summed E-state index contributed by atoms with van der Waals surface area (Å²) in [6.45, 7) is 4.26. The third-order valence-corrected chi connectivity index (χ3v) is 5.90. The van der Waals surface area contributed by atoms with Crippen molar-refractivity contribution in [2.45, 2.75) is 45.3 Å². The van der Waals surface area contributed by atoms with Gasteiger partial charge in [0.15, 0.2) is 0 Å². The van der Waals surface area contributed by atoms with Crippen LogP contribution in [-0.4, -0.2) is 29.7 Å². The molecule has 2 nitrogen and oxygen atoms in total. The Morgan fingerprint density at radius 1 is 1.47 bits per heavy atom. The molecule has 0 amide bonds. The van der Waals surface area contributed by atoms with Crippen LogP contribution < -0.4 is 0 Å². The van der Waals surface area contributed by atoms with E-state index in [-0.39, 0.29) is 6.10 Å². The molecule has 1 fully saturated rings. The molecule has 4 heteroatoms. The minimum absolute atomic E-state index is 0.0969. The molecule has 0 bridgehead atoms. The van der Waals surface area contributed by atoms with Gasteiger partial charge in [-0.15, -0.1) is 11.3 Å². The van der Waals surface area contributed by atoms with E-state index in [1.54, 1.807) is 11.3 Å². The van der Waals surface area contributed by atoms with E-state index in [2.05, 4.69) is 46.2 Å². The summed E-state index contributed by atoms with van der Waals surface area (Å²) in [4.78, 5) is 3.73. The zero-order valence-corrected chi connectivity index (χ0v) is 14.2. The van der Waals surface area contributed by atoms with Crippen molar-refractivity contribution in [3.8, 4) is 0 Å². The van der Waals surface area contributed by atoms with E-state index < -0.39 is 0 Å². The summed E-state index contributed by atoms with van der Waals surface area (Å²) in [6, 6.07) is 2.19. The van der Waals surface area contributed by atoms with Crippen molar-refractivity contribution < 1.29 is 5.11 Å². The Morgan fingerprint density at radius 2 is 2.26 bits per heavy atom. The topological polar surface area (TPSA) is 23.5 Å². The van der Waals surface area contributed by atoms with Gasteiger partial charge in [0.05, 0.1) is 6.10 Å². The lowest BCUT2D eigenvalue weighted by molar-refractivity contribution is 0.0299. The molecule has 3 atom stereocenters. The second-order valence-electron chi connectivity index (χ2n) is 5.84. The van der Waals surface area contributed by atoms with Gasteiger partial charge in [-0.25, -0.2) is 0 Å². The molecule has 1 N–H and O–H groups in total. The van der Waals surface area contributed by atoms with E-state index in [9.17, 15) is 5.11 Å². The first-order valence-corrected chi connectivity index (χ1v) is 8.85. The maximum atomic E-state index is 10.2. The van der Waals surface area contributed by atoms with Gasteiger partial charge in [-0.2, -0.15) is 0 Å². The van der Waals surface area contributed by atoms with Crippen molar-refractivity contribution in [1.29, 1.82) is 0 Å². The smallest absolute Gasteiger partial charge is 0.0580 e. The fraction of sp³-hybridized carbons (Fsp3) is 0.733. The fourth-order valence-corrected chi connectivity index (χ4v) is 4.61. The summed E-state index contributed by atoms with van der Waals surface area (Å²) in [5.74, 6) is 1.27. The number of halogens is 1. The molecular weight excluding hydrogens is 322 g/mol. The summed E-state index contributed by atoms with van der Waals surface area (Å²) in [5.41, 5.74) is 0. The van der Waals surface area contributed by atoms with Crippen molar-refractivity contribution in [1.82, 2.24) is 4.90 Å². The summed E-state index contributed by atoms with van der Waals surface area (Å²) in [6.07, 6.45) is 4.54. The van der Waals surface area contributed by atoms with Crippen LogP contribution in [-0.2, 0) is 6.54 Å². The molecule has 3 unspecified atom stereocenters. The molecule has 0 aliphatic heterocycles.